The van der Waals surface area contributed by atoms with Crippen LogP contribution in [0.15, 0.2) is 101 Å². The monoisotopic (exact) mass is 574 g/mol. The third kappa shape index (κ3) is 7.14. The summed E-state index contributed by atoms with van der Waals surface area (Å²) in [5.74, 6) is 1.74. The van der Waals surface area contributed by atoms with Crippen LogP contribution in [0.1, 0.15) is 27.0 Å². The third-order valence-corrected chi connectivity index (χ3v) is 6.11. The number of benzene rings is 4. The van der Waals surface area contributed by atoms with E-state index in [1.807, 2.05) is 66.7 Å². The van der Waals surface area contributed by atoms with Gasteiger partial charge < -0.3 is 18.9 Å². The molecule has 4 aromatic rings. The number of hydrogen-bond acceptors (Lipinski definition) is 6. The molecule has 1 N–H and O–H groups in total. The molecule has 0 radical (unpaired) electrons. The molecule has 0 spiro atoms. The number of halogens is 1. The van der Waals surface area contributed by atoms with Crippen LogP contribution in [0.5, 0.6) is 23.0 Å². The SMILES string of the molecule is COc1cc(C(=O)N/N=C/c2cc(Br)c(OCc3ccccc3)c(OC)c2)ccc1OCc1ccccc1. The summed E-state index contributed by atoms with van der Waals surface area (Å²) in [6.45, 7) is 0.793. The first kappa shape index (κ1) is 26.8. The molecule has 0 saturated carbocycles. The minimum absolute atomic E-state index is 0.384. The Morgan fingerprint density at radius 2 is 1.42 bits per heavy atom. The molecule has 0 aromatic heterocycles. The Kier molecular flexibility index (Phi) is 9.37. The zero-order valence-corrected chi connectivity index (χ0v) is 22.6. The molecule has 0 unspecified atom stereocenters. The molecule has 4 rings (SSSR count). The van der Waals surface area contributed by atoms with E-state index >= 15 is 0 Å². The number of hydrazone groups is 1. The Hall–Kier alpha value is -4.30. The van der Waals surface area contributed by atoms with Crippen LogP contribution in [-0.4, -0.2) is 26.3 Å². The van der Waals surface area contributed by atoms with Gasteiger partial charge in [0, 0.05) is 5.56 Å². The molecule has 194 valence electrons. The first-order valence-corrected chi connectivity index (χ1v) is 12.6. The van der Waals surface area contributed by atoms with Crippen LogP contribution in [-0.2, 0) is 13.2 Å². The molecule has 0 aliphatic heterocycles. The van der Waals surface area contributed by atoms with Gasteiger partial charge in [0.05, 0.1) is 24.9 Å². The maximum Gasteiger partial charge on any atom is 0.271 e. The van der Waals surface area contributed by atoms with Crippen LogP contribution in [0.25, 0.3) is 0 Å². The van der Waals surface area contributed by atoms with E-state index < -0.39 is 0 Å². The van der Waals surface area contributed by atoms with Gasteiger partial charge in [0.25, 0.3) is 5.91 Å². The van der Waals surface area contributed by atoms with Gasteiger partial charge in [0.15, 0.2) is 23.0 Å². The number of nitrogens with zero attached hydrogens (tertiary/aromatic N) is 1. The van der Waals surface area contributed by atoms with Gasteiger partial charge in [0.1, 0.15) is 13.2 Å². The molecule has 4 aromatic carbocycles. The van der Waals surface area contributed by atoms with Crippen molar-refractivity contribution in [3.05, 3.63) is 118 Å². The Morgan fingerprint density at radius 3 is 2.05 bits per heavy atom. The quantitative estimate of drug-likeness (QED) is 0.166. The van der Waals surface area contributed by atoms with Crippen molar-refractivity contribution >= 4 is 28.1 Å². The van der Waals surface area contributed by atoms with E-state index in [0.29, 0.717) is 51.8 Å². The molecule has 0 bridgehead atoms. The normalized spacial score (nSPS) is 10.7. The summed E-state index contributed by atoms with van der Waals surface area (Å²) < 4.78 is 23.5. The van der Waals surface area contributed by atoms with Gasteiger partial charge in [-0.2, -0.15) is 5.10 Å². The van der Waals surface area contributed by atoms with E-state index in [-0.39, 0.29) is 5.91 Å². The smallest absolute Gasteiger partial charge is 0.271 e. The van der Waals surface area contributed by atoms with Gasteiger partial charge >= 0.3 is 0 Å². The highest BCUT2D eigenvalue weighted by Gasteiger charge is 2.13. The molecule has 0 saturated heterocycles. The molecule has 0 fully saturated rings. The van der Waals surface area contributed by atoms with Crippen molar-refractivity contribution < 1.29 is 23.7 Å². The third-order valence-electron chi connectivity index (χ3n) is 5.52. The molecule has 1 amide bonds. The maximum absolute atomic E-state index is 12.7. The van der Waals surface area contributed by atoms with Crippen molar-refractivity contribution in [3.8, 4) is 23.0 Å². The molecule has 7 nitrogen and oxygen atoms in total. The Labute approximate surface area is 230 Å². The summed E-state index contributed by atoms with van der Waals surface area (Å²) >= 11 is 3.54. The minimum atomic E-state index is -0.386. The highest BCUT2D eigenvalue weighted by molar-refractivity contribution is 9.10. The average molecular weight is 575 g/mol. The molecule has 0 heterocycles. The average Bonchev–Trinajstić information content (AvgIpc) is 2.96. The first-order valence-electron chi connectivity index (χ1n) is 11.8. The minimum Gasteiger partial charge on any atom is -0.493 e. The lowest BCUT2D eigenvalue weighted by molar-refractivity contribution is 0.0954. The van der Waals surface area contributed by atoms with E-state index in [1.54, 1.807) is 31.4 Å². The number of methoxy groups -OCH3 is 2. The topological polar surface area (TPSA) is 78.4 Å². The molecular weight excluding hydrogens is 548 g/mol. The molecule has 0 aliphatic rings. The number of ether oxygens (including phenoxy) is 4. The van der Waals surface area contributed by atoms with Gasteiger partial charge in [0.2, 0.25) is 0 Å². The van der Waals surface area contributed by atoms with Crippen LogP contribution in [0.3, 0.4) is 0 Å². The van der Waals surface area contributed by atoms with Gasteiger partial charge in [-0.15, -0.1) is 0 Å². The Morgan fingerprint density at radius 1 is 0.789 bits per heavy atom. The number of amides is 1. The predicted molar refractivity (Wildman–Crippen MR) is 150 cm³/mol. The number of carbonyl (C=O) groups is 1. The summed E-state index contributed by atoms with van der Waals surface area (Å²) in [6.07, 6.45) is 1.53. The number of carbonyl (C=O) groups excluding carboxylic acids is 1. The fourth-order valence-electron chi connectivity index (χ4n) is 3.58. The van der Waals surface area contributed by atoms with Crippen LogP contribution in [0, 0.1) is 0 Å². The molecule has 38 heavy (non-hydrogen) atoms. The zero-order chi connectivity index (χ0) is 26.7. The van der Waals surface area contributed by atoms with Crippen LogP contribution in [0.2, 0.25) is 0 Å². The Bertz CT molecular complexity index is 1390. The van der Waals surface area contributed by atoms with Crippen LogP contribution < -0.4 is 24.4 Å². The first-order chi connectivity index (χ1) is 18.6. The van der Waals surface area contributed by atoms with Crippen molar-refractivity contribution in [2.75, 3.05) is 14.2 Å². The summed E-state index contributed by atoms with van der Waals surface area (Å²) in [7, 11) is 3.10. The lowest BCUT2D eigenvalue weighted by atomic mass is 10.2. The number of rotatable bonds is 11. The second-order valence-corrected chi connectivity index (χ2v) is 9.00. The van der Waals surface area contributed by atoms with Crippen molar-refractivity contribution in [2.24, 2.45) is 5.10 Å². The summed E-state index contributed by atoms with van der Waals surface area (Å²) in [6, 6.07) is 28.3. The van der Waals surface area contributed by atoms with Crippen molar-refractivity contribution in [1.29, 1.82) is 0 Å². The van der Waals surface area contributed by atoms with E-state index in [0.717, 1.165) is 11.1 Å². The maximum atomic E-state index is 12.7. The lowest BCUT2D eigenvalue weighted by Crippen LogP contribution is -2.17. The second-order valence-electron chi connectivity index (χ2n) is 8.15. The van der Waals surface area contributed by atoms with Gasteiger partial charge in [-0.05, 0) is 63.0 Å². The summed E-state index contributed by atoms with van der Waals surface area (Å²) in [4.78, 5) is 12.7. The highest BCUT2D eigenvalue weighted by atomic mass is 79.9. The van der Waals surface area contributed by atoms with Gasteiger partial charge in [-0.25, -0.2) is 5.43 Å². The zero-order valence-electron chi connectivity index (χ0n) is 21.0. The molecule has 0 atom stereocenters. The van der Waals surface area contributed by atoms with Crippen molar-refractivity contribution in [1.82, 2.24) is 5.43 Å². The second kappa shape index (κ2) is 13.3. The molecule has 0 aliphatic carbocycles. The largest absolute Gasteiger partial charge is 0.493 e. The van der Waals surface area contributed by atoms with Crippen molar-refractivity contribution in [3.63, 3.8) is 0 Å². The van der Waals surface area contributed by atoms with Gasteiger partial charge in [-0.1, -0.05) is 60.7 Å². The summed E-state index contributed by atoms with van der Waals surface area (Å²) in [5, 5.41) is 4.10. The lowest BCUT2D eigenvalue weighted by Gasteiger charge is -2.13. The van der Waals surface area contributed by atoms with Crippen molar-refractivity contribution in [2.45, 2.75) is 13.2 Å². The van der Waals surface area contributed by atoms with E-state index in [1.165, 1.54) is 13.3 Å². The number of nitrogens with one attached hydrogen (secondary N) is 1. The van der Waals surface area contributed by atoms with Gasteiger partial charge in [-0.3, -0.25) is 4.79 Å². The van der Waals surface area contributed by atoms with E-state index in [4.69, 9.17) is 18.9 Å². The highest BCUT2D eigenvalue weighted by Crippen LogP contribution is 2.37. The van der Waals surface area contributed by atoms with Crippen LogP contribution in [0.4, 0.5) is 0 Å². The predicted octanol–water partition coefficient (Wildman–Crippen LogP) is 6.39. The van der Waals surface area contributed by atoms with E-state index in [9.17, 15) is 4.79 Å². The fourth-order valence-corrected chi connectivity index (χ4v) is 4.15. The van der Waals surface area contributed by atoms with E-state index in [2.05, 4.69) is 26.5 Å². The molecule has 8 heteroatoms. The summed E-state index contributed by atoms with van der Waals surface area (Å²) in [5.41, 5.74) is 5.71. The number of hydrogen-bond donors (Lipinski definition) is 1. The fraction of sp³-hybridized carbons (Fsp3) is 0.133. The molecular formula is C30H27BrN2O5. The standard InChI is InChI=1S/C30H27BrN2O5/c1-35-27-17-24(13-14-26(27)37-19-21-9-5-3-6-10-21)30(34)33-32-18-23-15-25(31)29(28(16-23)36-2)38-20-22-11-7-4-8-12-22/h3-18H,19-20H2,1-2H3,(H,33,34)/b32-18+. The Balaban J connectivity index is 1.38. The van der Waals surface area contributed by atoms with Crippen LogP contribution >= 0.6 is 15.9 Å².